The van der Waals surface area contributed by atoms with Gasteiger partial charge in [0.15, 0.2) is 5.17 Å². The van der Waals surface area contributed by atoms with E-state index in [4.69, 9.17) is 0 Å². The zero-order valence-corrected chi connectivity index (χ0v) is 12.2. The van der Waals surface area contributed by atoms with E-state index in [1.54, 1.807) is 11.3 Å². The van der Waals surface area contributed by atoms with E-state index in [2.05, 4.69) is 34.5 Å². The highest BCUT2D eigenvalue weighted by molar-refractivity contribution is 8.14. The van der Waals surface area contributed by atoms with Crippen molar-refractivity contribution in [3.63, 3.8) is 0 Å². The predicted octanol–water partition coefficient (Wildman–Crippen LogP) is 3.20. The summed E-state index contributed by atoms with van der Waals surface area (Å²) in [6, 6.07) is 0. The highest BCUT2D eigenvalue weighted by Gasteiger charge is 2.33. The lowest BCUT2D eigenvalue weighted by molar-refractivity contribution is 0.407. The fourth-order valence-electron chi connectivity index (χ4n) is 1.84. The second-order valence-corrected chi connectivity index (χ2v) is 6.31. The zero-order valence-electron chi connectivity index (χ0n) is 10.6. The van der Waals surface area contributed by atoms with E-state index >= 15 is 0 Å². The van der Waals surface area contributed by atoms with Crippen LogP contribution in [0.2, 0.25) is 0 Å². The van der Waals surface area contributed by atoms with Crippen molar-refractivity contribution in [1.29, 1.82) is 0 Å². The molecule has 3 nitrogen and oxygen atoms in total. The largest absolute Gasteiger partial charge is 0.359 e. The molecule has 0 unspecified atom stereocenters. The molecule has 1 N–H and O–H groups in total. The van der Waals surface area contributed by atoms with Gasteiger partial charge in [-0.2, -0.15) is 0 Å². The van der Waals surface area contributed by atoms with Crippen molar-refractivity contribution in [3.8, 4) is 0 Å². The van der Waals surface area contributed by atoms with E-state index in [9.17, 15) is 0 Å². The van der Waals surface area contributed by atoms with Crippen LogP contribution in [0.1, 0.15) is 37.4 Å². The first kappa shape index (κ1) is 12.9. The molecule has 1 saturated heterocycles. The minimum Gasteiger partial charge on any atom is -0.359 e. The molecule has 0 amide bonds. The maximum atomic E-state index is 4.61. The average molecular weight is 269 g/mol. The van der Waals surface area contributed by atoms with Crippen molar-refractivity contribution in [3.05, 3.63) is 16.1 Å². The second-order valence-electron chi connectivity index (χ2n) is 4.41. The van der Waals surface area contributed by atoms with Crippen molar-refractivity contribution >= 4 is 28.3 Å². The molecule has 1 aliphatic rings. The van der Waals surface area contributed by atoms with E-state index in [0.29, 0.717) is 6.54 Å². The van der Waals surface area contributed by atoms with E-state index in [1.165, 1.54) is 0 Å². The molecule has 0 spiro atoms. The molecule has 1 aliphatic heterocycles. The van der Waals surface area contributed by atoms with Crippen LogP contribution >= 0.6 is 23.1 Å². The Balaban J connectivity index is 1.96. The lowest BCUT2D eigenvalue weighted by Gasteiger charge is -2.25. The van der Waals surface area contributed by atoms with Gasteiger partial charge >= 0.3 is 0 Å². The average Bonchev–Trinajstić information content (AvgIpc) is 2.93. The maximum absolute atomic E-state index is 4.61. The molecule has 0 saturated carbocycles. The van der Waals surface area contributed by atoms with E-state index in [1.807, 2.05) is 18.7 Å². The molecule has 2 rings (SSSR count). The standard InChI is InChI=1S/C12H19N3S2/c1-4-12(5-2)8-17-11(15-12)13-6-10-14-9(3)7-16-10/h7H,4-6,8H2,1-3H3,(H,13,15). The predicted molar refractivity (Wildman–Crippen MR) is 76.9 cm³/mol. The zero-order chi connectivity index (χ0) is 12.3. The maximum Gasteiger partial charge on any atom is 0.157 e. The number of aryl methyl sites for hydroxylation is 1. The Hall–Kier alpha value is -0.550. The van der Waals surface area contributed by atoms with Crippen LogP contribution in [0.5, 0.6) is 0 Å². The number of thioether (sulfide) groups is 1. The van der Waals surface area contributed by atoms with Gasteiger partial charge < -0.3 is 5.32 Å². The fraction of sp³-hybridized carbons (Fsp3) is 0.667. The summed E-state index contributed by atoms with van der Waals surface area (Å²) in [6.07, 6.45) is 2.32. The molecule has 2 heterocycles. The lowest BCUT2D eigenvalue weighted by atomic mass is 9.96. The Morgan fingerprint density at radius 1 is 1.47 bits per heavy atom. The van der Waals surface area contributed by atoms with Crippen LogP contribution in [0.3, 0.4) is 0 Å². The third-order valence-electron chi connectivity index (χ3n) is 3.24. The quantitative estimate of drug-likeness (QED) is 0.912. The molecule has 17 heavy (non-hydrogen) atoms. The first-order valence-corrected chi connectivity index (χ1v) is 7.90. The number of hydrogen-bond donors (Lipinski definition) is 1. The number of aromatic nitrogens is 1. The molecule has 1 aromatic rings. The number of thiazole rings is 1. The molecule has 0 bridgehead atoms. The van der Waals surface area contributed by atoms with Gasteiger partial charge in [0, 0.05) is 22.4 Å². The number of amidine groups is 1. The summed E-state index contributed by atoms with van der Waals surface area (Å²) in [7, 11) is 0. The van der Waals surface area contributed by atoms with Crippen molar-refractivity contribution in [2.45, 2.75) is 45.7 Å². The van der Waals surface area contributed by atoms with Crippen molar-refractivity contribution in [1.82, 2.24) is 10.3 Å². The molecule has 0 atom stereocenters. The Morgan fingerprint density at radius 2 is 2.24 bits per heavy atom. The second kappa shape index (κ2) is 5.40. The minimum absolute atomic E-state index is 0.266. The molecule has 1 fully saturated rings. The van der Waals surface area contributed by atoms with E-state index in [-0.39, 0.29) is 5.54 Å². The summed E-state index contributed by atoms with van der Waals surface area (Å²) in [6.45, 7) is 7.21. The summed E-state index contributed by atoms with van der Waals surface area (Å²) >= 11 is 3.53. The molecule has 0 radical (unpaired) electrons. The highest BCUT2D eigenvalue weighted by atomic mass is 32.2. The number of hydrogen-bond acceptors (Lipinski definition) is 4. The van der Waals surface area contributed by atoms with Crippen LogP contribution in [-0.2, 0) is 6.54 Å². The number of aliphatic imine (C=N–C) groups is 1. The number of rotatable bonds is 4. The summed E-state index contributed by atoms with van der Waals surface area (Å²) < 4.78 is 0. The van der Waals surface area contributed by atoms with Gasteiger partial charge in [-0.25, -0.2) is 4.98 Å². The fourth-order valence-corrected chi connectivity index (χ4v) is 3.87. The third-order valence-corrected chi connectivity index (χ3v) is 5.39. The molecule has 94 valence electrons. The monoisotopic (exact) mass is 269 g/mol. The summed E-state index contributed by atoms with van der Waals surface area (Å²) in [5.74, 6) is 1.13. The van der Waals surface area contributed by atoms with Gasteiger partial charge in [-0.3, -0.25) is 4.99 Å². The Morgan fingerprint density at radius 3 is 2.76 bits per heavy atom. The summed E-state index contributed by atoms with van der Waals surface area (Å²) in [5, 5.41) is 7.83. The first-order chi connectivity index (χ1) is 8.17. The molecule has 5 heteroatoms. The van der Waals surface area contributed by atoms with Crippen LogP contribution in [0, 0.1) is 6.92 Å². The molecule has 1 aromatic heterocycles. The van der Waals surface area contributed by atoms with Crippen molar-refractivity contribution < 1.29 is 0 Å². The molecule has 0 aromatic carbocycles. The van der Waals surface area contributed by atoms with Crippen LogP contribution in [0.4, 0.5) is 0 Å². The van der Waals surface area contributed by atoms with Gasteiger partial charge in [-0.15, -0.1) is 11.3 Å². The van der Waals surface area contributed by atoms with Crippen LogP contribution in [-0.4, -0.2) is 21.4 Å². The van der Waals surface area contributed by atoms with Gasteiger partial charge in [0.05, 0.1) is 6.54 Å². The normalized spacial score (nSPS) is 20.8. The van der Waals surface area contributed by atoms with Crippen LogP contribution in [0.15, 0.2) is 10.4 Å². The van der Waals surface area contributed by atoms with Gasteiger partial charge in [0.1, 0.15) is 5.01 Å². The van der Waals surface area contributed by atoms with Crippen LogP contribution in [0.25, 0.3) is 0 Å². The first-order valence-electron chi connectivity index (χ1n) is 6.04. The molecular formula is C12H19N3S2. The Labute approximate surface area is 111 Å². The lowest BCUT2D eigenvalue weighted by Crippen LogP contribution is -2.42. The number of nitrogens with zero attached hydrogens (tertiary/aromatic N) is 2. The molecule has 0 aliphatic carbocycles. The summed E-state index contributed by atoms with van der Waals surface area (Å²) in [5.41, 5.74) is 1.36. The highest BCUT2D eigenvalue weighted by Crippen LogP contribution is 2.29. The Bertz CT molecular complexity index is 408. The van der Waals surface area contributed by atoms with Crippen LogP contribution < -0.4 is 5.32 Å². The van der Waals surface area contributed by atoms with E-state index < -0.39 is 0 Å². The Kier molecular flexibility index (Phi) is 4.09. The molecular weight excluding hydrogens is 250 g/mol. The number of nitrogens with one attached hydrogen (secondary N) is 1. The third kappa shape index (κ3) is 3.01. The summed E-state index contributed by atoms with van der Waals surface area (Å²) in [4.78, 5) is 9.04. The van der Waals surface area contributed by atoms with Gasteiger partial charge in [0.2, 0.25) is 0 Å². The van der Waals surface area contributed by atoms with Gasteiger partial charge in [0.25, 0.3) is 0 Å². The van der Waals surface area contributed by atoms with Crippen molar-refractivity contribution in [2.75, 3.05) is 5.75 Å². The van der Waals surface area contributed by atoms with Crippen molar-refractivity contribution in [2.24, 2.45) is 4.99 Å². The minimum atomic E-state index is 0.266. The van der Waals surface area contributed by atoms with Gasteiger partial charge in [-0.1, -0.05) is 25.6 Å². The topological polar surface area (TPSA) is 37.3 Å². The van der Waals surface area contributed by atoms with E-state index in [0.717, 1.165) is 34.5 Å². The SMILES string of the molecule is CCC1(CC)CSC(=NCc2nc(C)cs2)N1. The van der Waals surface area contributed by atoms with Gasteiger partial charge in [-0.05, 0) is 19.8 Å². The smallest absolute Gasteiger partial charge is 0.157 e.